The van der Waals surface area contributed by atoms with Crippen molar-refractivity contribution < 1.29 is 12.8 Å². The molecule has 5 nitrogen and oxygen atoms in total. The number of halogens is 2. The number of imidazole rings is 1. The smallest absolute Gasteiger partial charge is 0.241 e. The van der Waals surface area contributed by atoms with E-state index in [0.29, 0.717) is 5.82 Å². The van der Waals surface area contributed by atoms with Crippen LogP contribution < -0.4 is 4.72 Å². The zero-order valence-electron chi connectivity index (χ0n) is 12.1. The number of nitrogens with zero attached hydrogens (tertiary/aromatic N) is 2. The van der Waals surface area contributed by atoms with Crippen LogP contribution in [0.1, 0.15) is 5.82 Å². The Labute approximate surface area is 137 Å². The van der Waals surface area contributed by atoms with E-state index in [1.165, 1.54) is 6.07 Å². The minimum atomic E-state index is -3.81. The Morgan fingerprint density at radius 1 is 1.26 bits per heavy atom. The second-order valence-electron chi connectivity index (χ2n) is 4.98. The molecule has 1 heterocycles. The average Bonchev–Trinajstić information content (AvgIpc) is 2.85. The largest absolute Gasteiger partial charge is 0.330 e. The van der Waals surface area contributed by atoms with Crippen molar-refractivity contribution in [2.75, 3.05) is 0 Å². The molecule has 0 radical (unpaired) electrons. The highest BCUT2D eigenvalue weighted by Gasteiger charge is 2.17. The number of aromatic nitrogens is 2. The van der Waals surface area contributed by atoms with Gasteiger partial charge in [-0.15, -0.1) is 0 Å². The van der Waals surface area contributed by atoms with Gasteiger partial charge in [0.2, 0.25) is 10.0 Å². The van der Waals surface area contributed by atoms with Gasteiger partial charge in [0.15, 0.2) is 0 Å². The monoisotopic (exact) mass is 353 g/mol. The molecule has 0 aliphatic heterocycles. The number of aryl methyl sites for hydroxylation is 1. The second kappa shape index (κ2) is 5.92. The summed E-state index contributed by atoms with van der Waals surface area (Å²) in [5.74, 6) is -0.0936. The molecule has 2 aromatic carbocycles. The minimum absolute atomic E-state index is 0.0164. The standard InChI is InChI=1S/C15H13ClFN3O2S/c1-20-14-5-3-2-4-13(14)19-15(20)9-18-23(21,22)10-6-7-12(17)11(16)8-10/h2-8,18H,9H2,1H3. The lowest BCUT2D eigenvalue weighted by atomic mass is 10.3. The van der Waals surface area contributed by atoms with E-state index in [1.54, 1.807) is 0 Å². The molecule has 0 saturated carbocycles. The molecular formula is C15H13ClFN3O2S. The van der Waals surface area contributed by atoms with Crippen molar-refractivity contribution in [3.8, 4) is 0 Å². The van der Waals surface area contributed by atoms with Crippen molar-refractivity contribution >= 4 is 32.7 Å². The van der Waals surface area contributed by atoms with Gasteiger partial charge in [0.05, 0.1) is 27.5 Å². The molecule has 3 rings (SSSR count). The Hall–Kier alpha value is -1.96. The lowest BCUT2D eigenvalue weighted by Gasteiger charge is -2.07. The first-order valence-corrected chi connectivity index (χ1v) is 8.59. The van der Waals surface area contributed by atoms with Crippen molar-refractivity contribution in [2.24, 2.45) is 7.05 Å². The van der Waals surface area contributed by atoms with Crippen LogP contribution >= 0.6 is 11.6 Å². The Morgan fingerprint density at radius 3 is 2.70 bits per heavy atom. The molecular weight excluding hydrogens is 341 g/mol. The number of nitrogens with one attached hydrogen (secondary N) is 1. The Bertz CT molecular complexity index is 986. The Kier molecular flexibility index (Phi) is 4.09. The van der Waals surface area contributed by atoms with E-state index in [2.05, 4.69) is 9.71 Å². The van der Waals surface area contributed by atoms with Crippen LogP contribution in [0, 0.1) is 5.82 Å². The summed E-state index contributed by atoms with van der Waals surface area (Å²) in [5.41, 5.74) is 1.69. The summed E-state index contributed by atoms with van der Waals surface area (Å²) in [6, 6.07) is 10.8. The van der Waals surface area contributed by atoms with Crippen molar-refractivity contribution in [3.63, 3.8) is 0 Å². The van der Waals surface area contributed by atoms with E-state index in [9.17, 15) is 12.8 Å². The summed E-state index contributed by atoms with van der Waals surface area (Å²) in [4.78, 5) is 4.30. The second-order valence-corrected chi connectivity index (χ2v) is 7.15. The highest BCUT2D eigenvalue weighted by atomic mass is 35.5. The highest BCUT2D eigenvalue weighted by Crippen LogP contribution is 2.20. The van der Waals surface area contributed by atoms with Gasteiger partial charge in [-0.25, -0.2) is 22.5 Å². The Balaban J connectivity index is 1.86. The molecule has 0 aliphatic carbocycles. The van der Waals surface area contributed by atoms with Gasteiger partial charge >= 0.3 is 0 Å². The fourth-order valence-electron chi connectivity index (χ4n) is 2.24. The summed E-state index contributed by atoms with van der Waals surface area (Å²) in [7, 11) is -1.99. The lowest BCUT2D eigenvalue weighted by molar-refractivity contribution is 0.577. The molecule has 0 fully saturated rings. The normalized spacial score (nSPS) is 12.0. The van der Waals surface area contributed by atoms with E-state index in [0.717, 1.165) is 23.2 Å². The number of fused-ring (bicyclic) bond motifs is 1. The minimum Gasteiger partial charge on any atom is -0.330 e. The number of hydrogen-bond donors (Lipinski definition) is 1. The van der Waals surface area contributed by atoms with Crippen LogP contribution in [0.2, 0.25) is 5.02 Å². The maximum Gasteiger partial charge on any atom is 0.241 e. The molecule has 0 amide bonds. The van der Waals surface area contributed by atoms with E-state index in [1.807, 2.05) is 35.9 Å². The van der Waals surface area contributed by atoms with Crippen LogP contribution in [0.5, 0.6) is 0 Å². The fourth-order valence-corrected chi connectivity index (χ4v) is 3.49. The molecule has 8 heteroatoms. The van der Waals surface area contributed by atoms with Crippen LogP contribution in [-0.4, -0.2) is 18.0 Å². The molecule has 0 spiro atoms. The summed E-state index contributed by atoms with van der Waals surface area (Å²) >= 11 is 5.63. The van der Waals surface area contributed by atoms with Gasteiger partial charge < -0.3 is 4.57 Å². The van der Waals surface area contributed by atoms with Crippen LogP contribution in [0.15, 0.2) is 47.4 Å². The number of benzene rings is 2. The van der Waals surface area contributed by atoms with E-state index >= 15 is 0 Å². The molecule has 0 bridgehead atoms. The molecule has 120 valence electrons. The first-order chi connectivity index (χ1) is 10.9. The van der Waals surface area contributed by atoms with Gasteiger partial charge in [0.25, 0.3) is 0 Å². The van der Waals surface area contributed by atoms with Crippen LogP contribution in [0.4, 0.5) is 4.39 Å². The summed E-state index contributed by atoms with van der Waals surface area (Å²) < 4.78 is 41.9. The number of sulfonamides is 1. The number of rotatable bonds is 4. The summed E-state index contributed by atoms with van der Waals surface area (Å²) in [6.07, 6.45) is 0. The van der Waals surface area contributed by atoms with Crippen molar-refractivity contribution in [1.82, 2.24) is 14.3 Å². The van der Waals surface area contributed by atoms with Gasteiger partial charge in [-0.2, -0.15) is 0 Å². The average molecular weight is 354 g/mol. The molecule has 1 N–H and O–H groups in total. The third kappa shape index (κ3) is 3.08. The van der Waals surface area contributed by atoms with Gasteiger partial charge in [0, 0.05) is 7.05 Å². The molecule has 3 aromatic rings. The Morgan fingerprint density at radius 2 is 2.00 bits per heavy atom. The number of para-hydroxylation sites is 2. The van der Waals surface area contributed by atoms with Gasteiger partial charge in [-0.05, 0) is 30.3 Å². The van der Waals surface area contributed by atoms with E-state index < -0.39 is 15.8 Å². The van der Waals surface area contributed by atoms with Gasteiger partial charge in [-0.1, -0.05) is 23.7 Å². The molecule has 0 aliphatic rings. The van der Waals surface area contributed by atoms with Crippen molar-refractivity contribution in [3.05, 3.63) is 59.1 Å². The molecule has 23 heavy (non-hydrogen) atoms. The van der Waals surface area contributed by atoms with Crippen molar-refractivity contribution in [1.29, 1.82) is 0 Å². The van der Waals surface area contributed by atoms with Crippen LogP contribution in [-0.2, 0) is 23.6 Å². The highest BCUT2D eigenvalue weighted by molar-refractivity contribution is 7.89. The van der Waals surface area contributed by atoms with Crippen molar-refractivity contribution in [2.45, 2.75) is 11.4 Å². The maximum absolute atomic E-state index is 13.1. The van der Waals surface area contributed by atoms with Gasteiger partial charge in [0.1, 0.15) is 11.6 Å². The lowest BCUT2D eigenvalue weighted by Crippen LogP contribution is -2.24. The fraction of sp³-hybridized carbons (Fsp3) is 0.133. The summed E-state index contributed by atoms with van der Waals surface area (Å²) in [6.45, 7) is 0.0164. The molecule has 0 atom stereocenters. The zero-order valence-corrected chi connectivity index (χ0v) is 13.7. The quantitative estimate of drug-likeness (QED) is 0.784. The topological polar surface area (TPSA) is 64.0 Å². The number of hydrogen-bond acceptors (Lipinski definition) is 3. The summed E-state index contributed by atoms with van der Waals surface area (Å²) in [5, 5.41) is -0.240. The zero-order chi connectivity index (χ0) is 16.6. The maximum atomic E-state index is 13.1. The molecule has 0 saturated heterocycles. The third-order valence-electron chi connectivity index (χ3n) is 3.50. The first-order valence-electron chi connectivity index (χ1n) is 6.73. The first kappa shape index (κ1) is 15.9. The van der Waals surface area contributed by atoms with E-state index in [4.69, 9.17) is 11.6 Å². The predicted octanol–water partition coefficient (Wildman–Crippen LogP) is 2.84. The predicted molar refractivity (Wildman–Crippen MR) is 86.1 cm³/mol. The van der Waals surface area contributed by atoms with E-state index in [-0.39, 0.29) is 16.5 Å². The molecule has 1 aromatic heterocycles. The van der Waals surface area contributed by atoms with Crippen LogP contribution in [0.3, 0.4) is 0 Å². The molecule has 0 unspecified atom stereocenters. The van der Waals surface area contributed by atoms with Crippen LogP contribution in [0.25, 0.3) is 11.0 Å². The SMILES string of the molecule is Cn1c(CNS(=O)(=O)c2ccc(F)c(Cl)c2)nc2ccccc21. The van der Waals surface area contributed by atoms with Gasteiger partial charge in [-0.3, -0.25) is 0 Å². The third-order valence-corrected chi connectivity index (χ3v) is 5.19.